The summed E-state index contributed by atoms with van der Waals surface area (Å²) in [6.07, 6.45) is 1.89. The molecule has 1 amide bonds. The number of benzene rings is 1. The number of carboxylic acid groups (broad SMARTS) is 1. The molecular formula is C27H36N2O6. The summed E-state index contributed by atoms with van der Waals surface area (Å²) in [5.74, 6) is -0.394. The maximum atomic E-state index is 14.2. The van der Waals surface area contributed by atoms with Crippen molar-refractivity contribution in [1.82, 2.24) is 10.1 Å². The Hall–Kier alpha value is -3.13. The van der Waals surface area contributed by atoms with Gasteiger partial charge in [-0.2, -0.15) is 0 Å². The van der Waals surface area contributed by atoms with Crippen LogP contribution in [0.5, 0.6) is 5.75 Å². The van der Waals surface area contributed by atoms with Crippen molar-refractivity contribution < 1.29 is 28.7 Å². The first-order valence-corrected chi connectivity index (χ1v) is 11.7. The number of nitrogens with zero attached hydrogens (tertiary/aromatic N) is 2. The van der Waals surface area contributed by atoms with Gasteiger partial charge in [0.2, 0.25) is 0 Å². The molecule has 8 heteroatoms. The van der Waals surface area contributed by atoms with Crippen LogP contribution in [0, 0.1) is 12.8 Å². The topological polar surface area (TPSA) is 102 Å². The smallest absolute Gasteiger partial charge is 0.333 e. The lowest BCUT2D eigenvalue weighted by Crippen LogP contribution is -2.55. The van der Waals surface area contributed by atoms with Gasteiger partial charge in [0.05, 0.1) is 13.7 Å². The Morgan fingerprint density at radius 2 is 1.91 bits per heavy atom. The number of ether oxygens (including phenoxy) is 2. The number of aromatic nitrogens is 1. The van der Waals surface area contributed by atoms with Gasteiger partial charge < -0.3 is 24.0 Å². The van der Waals surface area contributed by atoms with Gasteiger partial charge in [-0.25, -0.2) is 4.79 Å². The summed E-state index contributed by atoms with van der Waals surface area (Å²) in [7, 11) is 3.10. The number of carboxylic acids is 1. The summed E-state index contributed by atoms with van der Waals surface area (Å²) in [6, 6.07) is 6.26. The van der Waals surface area contributed by atoms with Crippen molar-refractivity contribution >= 4 is 11.9 Å². The largest absolute Gasteiger partial charge is 0.496 e. The van der Waals surface area contributed by atoms with Gasteiger partial charge in [-0.1, -0.05) is 45.8 Å². The van der Waals surface area contributed by atoms with E-state index < -0.39 is 23.5 Å². The molecule has 0 saturated heterocycles. The molecule has 2 heterocycles. The number of aliphatic carboxylic acids is 1. The number of methoxy groups -OCH3 is 2. The molecule has 0 bridgehead atoms. The average Bonchev–Trinajstić information content (AvgIpc) is 3.33. The van der Waals surface area contributed by atoms with Crippen molar-refractivity contribution in [1.29, 1.82) is 0 Å². The number of amides is 1. The van der Waals surface area contributed by atoms with Crippen LogP contribution in [0.3, 0.4) is 0 Å². The lowest BCUT2D eigenvalue weighted by molar-refractivity contribution is -0.147. The highest BCUT2D eigenvalue weighted by Crippen LogP contribution is 2.46. The van der Waals surface area contributed by atoms with Gasteiger partial charge in [-0.3, -0.25) is 4.79 Å². The van der Waals surface area contributed by atoms with Gasteiger partial charge in [-0.05, 0) is 54.0 Å². The van der Waals surface area contributed by atoms with Crippen LogP contribution < -0.4 is 4.74 Å². The molecule has 3 rings (SSSR count). The first kappa shape index (κ1) is 26.5. The van der Waals surface area contributed by atoms with E-state index in [-0.39, 0.29) is 24.4 Å². The number of aryl methyl sites for hydroxylation is 1. The lowest BCUT2D eigenvalue weighted by atomic mass is 9.85. The van der Waals surface area contributed by atoms with Gasteiger partial charge in [0.15, 0.2) is 5.54 Å². The minimum absolute atomic E-state index is 0.00274. The second kappa shape index (κ2) is 9.85. The van der Waals surface area contributed by atoms with Gasteiger partial charge in [0.1, 0.15) is 23.2 Å². The lowest BCUT2D eigenvalue weighted by Gasteiger charge is -2.39. The Kier molecular flexibility index (Phi) is 7.45. The Morgan fingerprint density at radius 1 is 1.23 bits per heavy atom. The second-order valence-corrected chi connectivity index (χ2v) is 10.6. The molecule has 0 radical (unpaired) electrons. The zero-order chi connectivity index (χ0) is 26.1. The number of carbonyl (C=O) groups is 2. The second-order valence-electron chi connectivity index (χ2n) is 10.6. The maximum absolute atomic E-state index is 14.2. The molecule has 1 N–H and O–H groups in total. The summed E-state index contributed by atoms with van der Waals surface area (Å²) in [4.78, 5) is 28.5. The molecule has 2 atom stereocenters. The summed E-state index contributed by atoms with van der Waals surface area (Å²) in [5.41, 5.74) is 0.622. The summed E-state index contributed by atoms with van der Waals surface area (Å²) >= 11 is 0. The van der Waals surface area contributed by atoms with E-state index in [1.165, 1.54) is 12.0 Å². The SMILES string of the molecule is COCC1=CC(CC(C)C)(C(=O)O)N(C(=O)c2ccc(C(C)(C)C)c(OC)c2)C1c1cc(C)on1. The number of rotatable bonds is 8. The predicted molar refractivity (Wildman–Crippen MR) is 132 cm³/mol. The molecule has 190 valence electrons. The Balaban J connectivity index is 2.23. The molecular weight excluding hydrogens is 448 g/mol. The van der Waals surface area contributed by atoms with Crippen LogP contribution in [0.2, 0.25) is 0 Å². The van der Waals surface area contributed by atoms with Crippen molar-refractivity contribution in [2.24, 2.45) is 5.92 Å². The molecule has 0 saturated carbocycles. The molecule has 8 nitrogen and oxygen atoms in total. The summed E-state index contributed by atoms with van der Waals surface area (Å²) in [5, 5.41) is 14.7. The Morgan fingerprint density at radius 3 is 2.40 bits per heavy atom. The molecule has 2 aromatic rings. The molecule has 0 spiro atoms. The monoisotopic (exact) mass is 484 g/mol. The fourth-order valence-corrected chi connectivity index (χ4v) is 4.89. The van der Waals surface area contributed by atoms with E-state index in [9.17, 15) is 14.7 Å². The molecule has 1 aromatic carbocycles. The van der Waals surface area contributed by atoms with E-state index in [2.05, 4.69) is 25.9 Å². The normalized spacial score (nSPS) is 20.3. The quantitative estimate of drug-likeness (QED) is 0.530. The summed E-state index contributed by atoms with van der Waals surface area (Å²) in [6.45, 7) is 12.0. The van der Waals surface area contributed by atoms with E-state index in [1.54, 1.807) is 38.3 Å². The zero-order valence-corrected chi connectivity index (χ0v) is 21.8. The van der Waals surface area contributed by atoms with E-state index in [0.717, 1.165) is 5.56 Å². The van der Waals surface area contributed by atoms with Gasteiger partial charge in [0, 0.05) is 18.7 Å². The van der Waals surface area contributed by atoms with E-state index in [1.807, 2.05) is 19.9 Å². The molecule has 0 fully saturated rings. The zero-order valence-electron chi connectivity index (χ0n) is 21.8. The standard InChI is InChI=1S/C27H36N2O6/c1-16(2)13-27(25(31)32)14-19(15-33-7)23(21-11-17(3)35-28-21)29(27)24(30)18-9-10-20(26(4,5)6)22(12-18)34-8/h9-12,14,16,23H,13,15H2,1-8H3,(H,31,32). The predicted octanol–water partition coefficient (Wildman–Crippen LogP) is 4.93. The van der Waals surface area contributed by atoms with Crippen LogP contribution in [-0.4, -0.2) is 53.4 Å². The molecule has 35 heavy (non-hydrogen) atoms. The van der Waals surface area contributed by atoms with Gasteiger partial charge >= 0.3 is 5.97 Å². The van der Waals surface area contributed by atoms with Crippen LogP contribution in [-0.2, 0) is 14.9 Å². The minimum Gasteiger partial charge on any atom is -0.496 e. The molecule has 1 aromatic heterocycles. The minimum atomic E-state index is -1.58. The maximum Gasteiger partial charge on any atom is 0.333 e. The van der Waals surface area contributed by atoms with E-state index in [4.69, 9.17) is 14.0 Å². The fraction of sp³-hybridized carbons (Fsp3) is 0.519. The highest BCUT2D eigenvalue weighted by atomic mass is 16.5. The van der Waals surface area contributed by atoms with E-state index >= 15 is 0 Å². The van der Waals surface area contributed by atoms with Gasteiger partial charge in [-0.15, -0.1) is 0 Å². The van der Waals surface area contributed by atoms with Gasteiger partial charge in [0.25, 0.3) is 5.91 Å². The van der Waals surface area contributed by atoms with E-state index in [0.29, 0.717) is 28.3 Å². The van der Waals surface area contributed by atoms with Crippen molar-refractivity contribution in [3.8, 4) is 5.75 Å². The Labute approximate surface area is 206 Å². The highest BCUT2D eigenvalue weighted by molar-refractivity contribution is 6.00. The van der Waals surface area contributed by atoms with Crippen LogP contribution in [0.4, 0.5) is 0 Å². The van der Waals surface area contributed by atoms with Crippen molar-refractivity contribution in [2.45, 2.75) is 65.0 Å². The molecule has 0 aliphatic carbocycles. The average molecular weight is 485 g/mol. The summed E-state index contributed by atoms with van der Waals surface area (Å²) < 4.78 is 16.3. The first-order valence-electron chi connectivity index (χ1n) is 11.7. The number of carbonyl (C=O) groups excluding carboxylic acids is 1. The highest BCUT2D eigenvalue weighted by Gasteiger charge is 2.55. The molecule has 2 unspecified atom stereocenters. The third-order valence-corrected chi connectivity index (χ3v) is 6.27. The third-order valence-electron chi connectivity index (χ3n) is 6.27. The molecule has 1 aliphatic heterocycles. The van der Waals surface area contributed by atoms with Crippen LogP contribution in [0.15, 0.2) is 40.4 Å². The number of hydrogen-bond acceptors (Lipinski definition) is 6. The van der Waals surface area contributed by atoms with Crippen LogP contribution in [0.1, 0.15) is 74.5 Å². The van der Waals surface area contributed by atoms with Crippen molar-refractivity contribution in [3.05, 3.63) is 58.5 Å². The van der Waals surface area contributed by atoms with Crippen molar-refractivity contribution in [3.63, 3.8) is 0 Å². The number of hydrogen-bond donors (Lipinski definition) is 1. The third kappa shape index (κ3) is 4.98. The fourth-order valence-electron chi connectivity index (χ4n) is 4.89. The first-order chi connectivity index (χ1) is 16.4. The van der Waals surface area contributed by atoms with Crippen LogP contribution >= 0.6 is 0 Å². The molecule has 1 aliphatic rings. The Bertz CT molecular complexity index is 1130. The van der Waals surface area contributed by atoms with Crippen LogP contribution in [0.25, 0.3) is 0 Å². The van der Waals surface area contributed by atoms with Crippen molar-refractivity contribution in [2.75, 3.05) is 20.8 Å².